The summed E-state index contributed by atoms with van der Waals surface area (Å²) in [5.41, 5.74) is 1.67. The minimum Gasteiger partial charge on any atom is -0.444 e. The van der Waals surface area contributed by atoms with Gasteiger partial charge in [0.05, 0.1) is 24.1 Å². The largest absolute Gasteiger partial charge is 0.444 e. The Morgan fingerprint density at radius 3 is 2.47 bits per heavy atom. The highest BCUT2D eigenvalue weighted by atomic mass is 127. The lowest BCUT2D eigenvalue weighted by Crippen LogP contribution is -2.43. The maximum atomic E-state index is 12.7. The molecule has 0 radical (unpaired) electrons. The van der Waals surface area contributed by atoms with Crippen LogP contribution in [-0.4, -0.2) is 47.8 Å². The number of oxazole rings is 1. The second-order valence-corrected chi connectivity index (χ2v) is 8.19. The number of benzene rings is 1. The molecule has 1 aliphatic heterocycles. The zero-order chi connectivity index (χ0) is 21.4. The minimum absolute atomic E-state index is 0. The number of hydrogen-bond acceptors (Lipinski definition) is 5. The molecule has 9 heteroatoms. The van der Waals surface area contributed by atoms with Gasteiger partial charge in [-0.05, 0) is 30.4 Å². The fraction of sp³-hybridized carbons (Fsp3) is 0.391. The third-order valence-electron chi connectivity index (χ3n) is 6.42. The Hall–Kier alpha value is -2.69. The van der Waals surface area contributed by atoms with Gasteiger partial charge in [0.2, 0.25) is 17.7 Å². The lowest BCUT2D eigenvalue weighted by Gasteiger charge is -2.18. The molecule has 2 fully saturated rings. The van der Waals surface area contributed by atoms with Gasteiger partial charge in [-0.2, -0.15) is 0 Å². The first kappa shape index (κ1) is 22.5. The molecule has 1 saturated carbocycles. The first-order chi connectivity index (χ1) is 15.2. The number of guanidine groups is 1. The molecular formula is C23H26IN5O3. The van der Waals surface area contributed by atoms with Crippen molar-refractivity contribution >= 4 is 41.8 Å². The molecule has 1 aromatic carbocycles. The number of halogens is 1. The number of nitrogens with one attached hydrogen (secondary N) is 2. The van der Waals surface area contributed by atoms with Gasteiger partial charge in [-0.3, -0.25) is 19.5 Å². The molecule has 2 bridgehead atoms. The summed E-state index contributed by atoms with van der Waals surface area (Å²) < 4.78 is 5.55. The van der Waals surface area contributed by atoms with Gasteiger partial charge in [-0.25, -0.2) is 4.98 Å². The lowest BCUT2D eigenvalue weighted by atomic mass is 9.85. The minimum atomic E-state index is -0.147. The molecule has 4 unspecified atom stereocenters. The van der Waals surface area contributed by atoms with E-state index in [1.807, 2.05) is 30.3 Å². The van der Waals surface area contributed by atoms with Gasteiger partial charge in [0.15, 0.2) is 5.96 Å². The summed E-state index contributed by atoms with van der Waals surface area (Å²) in [6, 6.07) is 9.71. The molecule has 2 aliphatic carbocycles. The Labute approximate surface area is 203 Å². The fourth-order valence-electron chi connectivity index (χ4n) is 4.97. The van der Waals surface area contributed by atoms with Crippen LogP contribution in [0, 0.1) is 23.7 Å². The molecule has 5 rings (SSSR count). The SMILES string of the molecule is CN=C(NCCN1C(=O)C2C3C=CC(C3)C2C1=O)NCc1coc(-c2ccccc2)n1.I. The average molecular weight is 547 g/mol. The van der Waals surface area contributed by atoms with Crippen LogP contribution in [0.15, 0.2) is 58.2 Å². The van der Waals surface area contributed by atoms with E-state index in [0.29, 0.717) is 31.5 Å². The number of allylic oxidation sites excluding steroid dienone is 2. The summed E-state index contributed by atoms with van der Waals surface area (Å²) in [6.45, 7) is 1.22. The Morgan fingerprint density at radius 1 is 1.12 bits per heavy atom. The van der Waals surface area contributed by atoms with Gasteiger partial charge in [0.25, 0.3) is 0 Å². The number of carbonyl (C=O) groups is 2. The number of amides is 2. The van der Waals surface area contributed by atoms with Gasteiger partial charge in [0, 0.05) is 25.7 Å². The number of rotatable bonds is 6. The van der Waals surface area contributed by atoms with Crippen LogP contribution in [0.3, 0.4) is 0 Å². The number of hydrogen-bond donors (Lipinski definition) is 2. The van der Waals surface area contributed by atoms with Crippen LogP contribution in [0.1, 0.15) is 12.1 Å². The molecule has 168 valence electrons. The van der Waals surface area contributed by atoms with Gasteiger partial charge >= 0.3 is 0 Å². The predicted octanol–water partition coefficient (Wildman–Crippen LogP) is 2.43. The van der Waals surface area contributed by atoms with Crippen molar-refractivity contribution in [2.45, 2.75) is 13.0 Å². The molecule has 1 saturated heterocycles. The van der Waals surface area contributed by atoms with E-state index in [1.54, 1.807) is 13.3 Å². The summed E-state index contributed by atoms with van der Waals surface area (Å²) in [5, 5.41) is 6.35. The quantitative estimate of drug-likeness (QED) is 0.190. The molecule has 2 N–H and O–H groups in total. The summed E-state index contributed by atoms with van der Waals surface area (Å²) in [7, 11) is 1.67. The number of carbonyl (C=O) groups excluding carboxylic acids is 2. The molecule has 32 heavy (non-hydrogen) atoms. The Kier molecular flexibility index (Phi) is 6.63. The molecular weight excluding hydrogens is 521 g/mol. The van der Waals surface area contributed by atoms with Crippen LogP contribution in [-0.2, 0) is 16.1 Å². The van der Waals surface area contributed by atoms with E-state index in [0.717, 1.165) is 17.7 Å². The van der Waals surface area contributed by atoms with Gasteiger partial charge in [0.1, 0.15) is 6.26 Å². The van der Waals surface area contributed by atoms with Gasteiger partial charge < -0.3 is 15.1 Å². The zero-order valence-electron chi connectivity index (χ0n) is 17.7. The van der Waals surface area contributed by atoms with E-state index >= 15 is 0 Å². The number of aliphatic imine (C=N–C) groups is 1. The highest BCUT2D eigenvalue weighted by Crippen LogP contribution is 2.52. The van der Waals surface area contributed by atoms with E-state index < -0.39 is 0 Å². The van der Waals surface area contributed by atoms with Gasteiger partial charge in [-0.15, -0.1) is 24.0 Å². The van der Waals surface area contributed by atoms with Crippen LogP contribution < -0.4 is 10.6 Å². The topological polar surface area (TPSA) is 99.8 Å². The summed E-state index contributed by atoms with van der Waals surface area (Å²) >= 11 is 0. The van der Waals surface area contributed by atoms with Crippen LogP contribution in [0.2, 0.25) is 0 Å². The second-order valence-electron chi connectivity index (χ2n) is 8.19. The average Bonchev–Trinajstić information content (AvgIpc) is 3.57. The first-order valence-corrected chi connectivity index (χ1v) is 10.6. The third kappa shape index (κ3) is 4.05. The van der Waals surface area contributed by atoms with E-state index in [-0.39, 0.29) is 59.5 Å². The maximum Gasteiger partial charge on any atom is 0.233 e. The second kappa shape index (κ2) is 9.43. The van der Waals surface area contributed by atoms with Crippen LogP contribution in [0.25, 0.3) is 11.5 Å². The zero-order valence-corrected chi connectivity index (χ0v) is 20.1. The van der Waals surface area contributed by atoms with Crippen LogP contribution in [0.5, 0.6) is 0 Å². The third-order valence-corrected chi connectivity index (χ3v) is 6.42. The van der Waals surface area contributed by atoms with Crippen LogP contribution in [0.4, 0.5) is 0 Å². The Bertz CT molecular complexity index is 1020. The van der Waals surface area contributed by atoms with Crippen molar-refractivity contribution < 1.29 is 14.0 Å². The van der Waals surface area contributed by atoms with Crippen molar-refractivity contribution in [2.24, 2.45) is 28.7 Å². The van der Waals surface area contributed by atoms with E-state index in [9.17, 15) is 9.59 Å². The monoisotopic (exact) mass is 547 g/mol. The number of aromatic nitrogens is 1. The van der Waals surface area contributed by atoms with Crippen molar-refractivity contribution in [3.05, 3.63) is 54.4 Å². The number of fused-ring (bicyclic) bond motifs is 5. The van der Waals surface area contributed by atoms with E-state index in [1.165, 1.54) is 4.90 Å². The van der Waals surface area contributed by atoms with Crippen molar-refractivity contribution in [3.63, 3.8) is 0 Å². The Balaban J connectivity index is 0.00000245. The number of imide groups is 1. The van der Waals surface area contributed by atoms with E-state index in [4.69, 9.17) is 4.42 Å². The first-order valence-electron chi connectivity index (χ1n) is 10.6. The fourth-order valence-corrected chi connectivity index (χ4v) is 4.97. The normalized spacial score (nSPS) is 25.8. The standard InChI is InChI=1S/C23H25N5O3.HI/c1-24-23(26-12-17-13-31-20(27-17)14-5-3-2-4-6-14)25-9-10-28-21(29)18-15-7-8-16(11-15)19(18)22(28)30;/h2-8,13,15-16,18-19H,9-12H2,1H3,(H2,24,25,26);1H. The lowest BCUT2D eigenvalue weighted by molar-refractivity contribution is -0.140. The summed E-state index contributed by atoms with van der Waals surface area (Å²) in [5.74, 6) is 1.28. The highest BCUT2D eigenvalue weighted by Gasteiger charge is 2.58. The van der Waals surface area contributed by atoms with Crippen LogP contribution >= 0.6 is 24.0 Å². The van der Waals surface area contributed by atoms with Crippen molar-refractivity contribution in [3.8, 4) is 11.5 Å². The van der Waals surface area contributed by atoms with Crippen molar-refractivity contribution in [1.82, 2.24) is 20.5 Å². The molecule has 8 nitrogen and oxygen atoms in total. The summed E-state index contributed by atoms with van der Waals surface area (Å²) in [4.78, 5) is 35.6. The molecule has 3 aliphatic rings. The number of nitrogens with zero attached hydrogens (tertiary/aromatic N) is 3. The molecule has 2 aromatic rings. The van der Waals surface area contributed by atoms with Crippen molar-refractivity contribution in [1.29, 1.82) is 0 Å². The maximum absolute atomic E-state index is 12.7. The molecule has 2 heterocycles. The molecule has 2 amide bonds. The predicted molar refractivity (Wildman–Crippen MR) is 130 cm³/mol. The Morgan fingerprint density at radius 2 is 1.81 bits per heavy atom. The molecule has 4 atom stereocenters. The summed E-state index contributed by atoms with van der Waals surface area (Å²) in [6.07, 6.45) is 6.78. The van der Waals surface area contributed by atoms with Crippen molar-refractivity contribution in [2.75, 3.05) is 20.1 Å². The highest BCUT2D eigenvalue weighted by molar-refractivity contribution is 14.0. The smallest absolute Gasteiger partial charge is 0.233 e. The number of likely N-dealkylation sites (tertiary alicyclic amines) is 1. The molecule has 0 spiro atoms. The van der Waals surface area contributed by atoms with Gasteiger partial charge in [-0.1, -0.05) is 30.4 Å². The van der Waals surface area contributed by atoms with E-state index in [2.05, 4.69) is 32.8 Å². The molecule has 1 aromatic heterocycles.